The van der Waals surface area contributed by atoms with E-state index in [1.165, 1.54) is 18.2 Å². The highest BCUT2D eigenvalue weighted by molar-refractivity contribution is 6.30. The molecule has 0 unspecified atom stereocenters. The van der Waals surface area contributed by atoms with Gasteiger partial charge in [-0.25, -0.2) is 9.18 Å². The van der Waals surface area contributed by atoms with E-state index in [9.17, 15) is 32.7 Å². The second-order valence-corrected chi connectivity index (χ2v) is 7.71. The third-order valence-corrected chi connectivity index (χ3v) is 5.28. The fraction of sp³-hybridized carbons (Fsp3) is 0.250. The number of alkyl carbamates (subject to hydrolysis) is 1. The first-order chi connectivity index (χ1) is 15.0. The lowest BCUT2D eigenvalue weighted by Gasteiger charge is -2.23. The Hall–Kier alpha value is -3.31. The van der Waals surface area contributed by atoms with Crippen molar-refractivity contribution in [3.8, 4) is 0 Å². The normalized spacial score (nSPS) is 21.3. The summed E-state index contributed by atoms with van der Waals surface area (Å²) in [6.45, 7) is -0.320. The van der Waals surface area contributed by atoms with Gasteiger partial charge >= 0.3 is 12.0 Å². The highest BCUT2D eigenvalue weighted by atomic mass is 35.5. The van der Waals surface area contributed by atoms with E-state index in [-0.39, 0.29) is 35.9 Å². The van der Waals surface area contributed by atoms with Crippen LogP contribution in [0, 0.1) is 5.82 Å². The van der Waals surface area contributed by atoms with Gasteiger partial charge in [-0.2, -0.15) is 8.78 Å². The number of ether oxygens (including phenoxy) is 1. The van der Waals surface area contributed by atoms with Crippen LogP contribution in [0.2, 0.25) is 5.02 Å². The molecule has 0 radical (unpaired) electrons. The molecule has 32 heavy (non-hydrogen) atoms. The van der Waals surface area contributed by atoms with Gasteiger partial charge in [-0.1, -0.05) is 11.6 Å². The van der Waals surface area contributed by atoms with E-state index >= 15 is 0 Å². The fourth-order valence-corrected chi connectivity index (χ4v) is 3.74. The van der Waals surface area contributed by atoms with Gasteiger partial charge in [0.15, 0.2) is 0 Å². The SMILES string of the molecule is O=C(NCc1cc(F)cc(Cl)c1)O[C@]1(O)CCN(c2ccc3c(c2)C(F)(F)C(=O)N3)C1=O. The third kappa shape index (κ3) is 3.84. The van der Waals surface area contributed by atoms with E-state index in [1.807, 2.05) is 5.32 Å². The van der Waals surface area contributed by atoms with Crippen LogP contribution >= 0.6 is 11.6 Å². The summed E-state index contributed by atoms with van der Waals surface area (Å²) in [7, 11) is 0. The fourth-order valence-electron chi connectivity index (χ4n) is 3.49. The second kappa shape index (κ2) is 7.68. The lowest BCUT2D eigenvalue weighted by atomic mass is 10.1. The molecule has 0 aliphatic carbocycles. The van der Waals surface area contributed by atoms with Crippen LogP contribution in [0.4, 0.5) is 29.3 Å². The second-order valence-electron chi connectivity index (χ2n) is 7.27. The zero-order valence-electron chi connectivity index (χ0n) is 16.1. The van der Waals surface area contributed by atoms with Gasteiger partial charge in [-0.3, -0.25) is 9.59 Å². The molecule has 3 amide bonds. The molecule has 1 fully saturated rings. The molecule has 168 valence electrons. The topological polar surface area (TPSA) is 108 Å². The van der Waals surface area contributed by atoms with Crippen LogP contribution < -0.4 is 15.5 Å². The maximum atomic E-state index is 14.0. The Morgan fingerprint density at radius 1 is 1.25 bits per heavy atom. The van der Waals surface area contributed by atoms with Gasteiger partial charge in [0.1, 0.15) is 5.82 Å². The van der Waals surface area contributed by atoms with Gasteiger partial charge in [0.25, 0.3) is 17.6 Å². The molecule has 2 aromatic carbocycles. The molecule has 4 rings (SSSR count). The zero-order valence-corrected chi connectivity index (χ0v) is 16.9. The minimum atomic E-state index is -3.76. The molecule has 0 bridgehead atoms. The van der Waals surface area contributed by atoms with E-state index in [4.69, 9.17) is 16.3 Å². The monoisotopic (exact) mass is 469 g/mol. The van der Waals surface area contributed by atoms with E-state index in [1.54, 1.807) is 0 Å². The quantitative estimate of drug-likeness (QED) is 0.597. The molecule has 2 aromatic rings. The Kier molecular flexibility index (Phi) is 5.25. The first-order valence-electron chi connectivity index (χ1n) is 9.29. The van der Waals surface area contributed by atoms with E-state index in [2.05, 4.69) is 5.32 Å². The van der Waals surface area contributed by atoms with Gasteiger partial charge in [-0.15, -0.1) is 0 Å². The number of alkyl halides is 2. The number of hydrogen-bond donors (Lipinski definition) is 3. The maximum Gasteiger partial charge on any atom is 0.410 e. The average Bonchev–Trinajstić information content (AvgIpc) is 3.12. The molecular weight excluding hydrogens is 455 g/mol. The number of hydrogen-bond acceptors (Lipinski definition) is 5. The van der Waals surface area contributed by atoms with E-state index < -0.39 is 41.0 Å². The van der Waals surface area contributed by atoms with Crippen molar-refractivity contribution in [2.45, 2.75) is 24.7 Å². The van der Waals surface area contributed by atoms with Crippen LogP contribution in [0.3, 0.4) is 0 Å². The maximum absolute atomic E-state index is 14.0. The van der Waals surface area contributed by atoms with Gasteiger partial charge in [-0.05, 0) is 42.0 Å². The van der Waals surface area contributed by atoms with Gasteiger partial charge in [0.05, 0.1) is 11.3 Å². The van der Waals surface area contributed by atoms with Crippen molar-refractivity contribution in [3.63, 3.8) is 0 Å². The van der Waals surface area contributed by atoms with E-state index in [0.717, 1.165) is 23.1 Å². The molecule has 1 saturated heterocycles. The lowest BCUT2D eigenvalue weighted by molar-refractivity contribution is -0.175. The summed E-state index contributed by atoms with van der Waals surface area (Å²) in [5.74, 6) is -9.42. The summed E-state index contributed by atoms with van der Waals surface area (Å²) < 4.78 is 46.3. The first-order valence-corrected chi connectivity index (χ1v) is 9.67. The summed E-state index contributed by atoms with van der Waals surface area (Å²) in [6.07, 6.45) is -1.48. The van der Waals surface area contributed by atoms with Crippen molar-refractivity contribution in [2.24, 2.45) is 0 Å². The van der Waals surface area contributed by atoms with Gasteiger partial charge < -0.3 is 25.4 Å². The highest BCUT2D eigenvalue weighted by Crippen LogP contribution is 2.43. The highest BCUT2D eigenvalue weighted by Gasteiger charge is 2.51. The smallest absolute Gasteiger partial charge is 0.407 e. The Bertz CT molecular complexity index is 1130. The van der Waals surface area contributed by atoms with E-state index in [0.29, 0.717) is 5.56 Å². The molecule has 0 saturated carbocycles. The largest absolute Gasteiger partial charge is 0.410 e. The van der Waals surface area contributed by atoms with Crippen molar-refractivity contribution < 1.29 is 37.4 Å². The number of carbonyl (C=O) groups is 3. The Morgan fingerprint density at radius 2 is 2.00 bits per heavy atom. The van der Waals surface area contributed by atoms with Crippen LogP contribution in [0.25, 0.3) is 0 Å². The molecule has 8 nitrogen and oxygen atoms in total. The third-order valence-electron chi connectivity index (χ3n) is 5.06. The van der Waals surface area contributed by atoms with Crippen molar-refractivity contribution in [1.29, 1.82) is 0 Å². The molecule has 12 heteroatoms. The number of halogens is 4. The molecule has 2 heterocycles. The molecule has 2 aliphatic heterocycles. The molecule has 1 atom stereocenters. The molecular formula is C20H15ClF3N3O5. The van der Waals surface area contributed by atoms with Gasteiger partial charge in [0.2, 0.25) is 0 Å². The number of anilines is 2. The average molecular weight is 470 g/mol. The predicted octanol–water partition coefficient (Wildman–Crippen LogP) is 2.87. The number of carbonyl (C=O) groups excluding carboxylic acids is 3. The molecule has 3 N–H and O–H groups in total. The van der Waals surface area contributed by atoms with Crippen LogP contribution in [-0.2, 0) is 26.8 Å². The molecule has 0 spiro atoms. The van der Waals surface area contributed by atoms with Crippen LogP contribution in [0.5, 0.6) is 0 Å². The Labute approximate surface area is 183 Å². The number of aliphatic hydroxyl groups is 1. The van der Waals surface area contributed by atoms with Crippen molar-refractivity contribution >= 4 is 40.9 Å². The van der Waals surface area contributed by atoms with Crippen molar-refractivity contribution in [1.82, 2.24) is 5.32 Å². The number of nitrogens with zero attached hydrogens (tertiary/aromatic N) is 1. The summed E-state index contributed by atoms with van der Waals surface area (Å²) in [5.41, 5.74) is -0.366. The summed E-state index contributed by atoms with van der Waals surface area (Å²) in [4.78, 5) is 37.1. The Morgan fingerprint density at radius 3 is 2.72 bits per heavy atom. The predicted molar refractivity (Wildman–Crippen MR) is 106 cm³/mol. The molecule has 2 aliphatic rings. The first kappa shape index (κ1) is 21.9. The molecule has 0 aromatic heterocycles. The zero-order chi connectivity index (χ0) is 23.3. The Balaban J connectivity index is 1.44. The van der Waals surface area contributed by atoms with Crippen LogP contribution in [0.15, 0.2) is 36.4 Å². The van der Waals surface area contributed by atoms with Crippen LogP contribution in [0.1, 0.15) is 17.5 Å². The summed E-state index contributed by atoms with van der Waals surface area (Å²) >= 11 is 5.74. The summed E-state index contributed by atoms with van der Waals surface area (Å²) in [5, 5.41) is 14.9. The van der Waals surface area contributed by atoms with Crippen LogP contribution in [-0.4, -0.2) is 35.3 Å². The minimum Gasteiger partial charge on any atom is -0.407 e. The minimum absolute atomic E-state index is 0.000684. The summed E-state index contributed by atoms with van der Waals surface area (Å²) in [6, 6.07) is 7.12. The standard InChI is InChI=1S/C20H15ClF3N3O5/c21-11-5-10(6-12(22)7-11)9-25-18(30)32-19(31)3-4-27(17(19)29)13-1-2-15-14(8-13)20(23,24)16(28)26-15/h1-2,5-8,31H,3-4,9H2,(H,25,30)(H,26,28)/t19-/m1/s1. The number of fused-ring (bicyclic) bond motifs is 1. The van der Waals surface area contributed by atoms with Gasteiger partial charge in [0, 0.05) is 30.2 Å². The number of benzene rings is 2. The van der Waals surface area contributed by atoms with Crippen molar-refractivity contribution in [3.05, 3.63) is 58.4 Å². The number of rotatable bonds is 4. The number of nitrogens with one attached hydrogen (secondary N) is 2. The lowest BCUT2D eigenvalue weighted by Crippen LogP contribution is -2.46. The van der Waals surface area contributed by atoms with Crippen molar-refractivity contribution in [2.75, 3.05) is 16.8 Å². The number of amides is 3.